The van der Waals surface area contributed by atoms with Gasteiger partial charge in [-0.15, -0.1) is 0 Å². The minimum absolute atomic E-state index is 0.0509. The smallest absolute Gasteiger partial charge is 0.410 e. The largest absolute Gasteiger partial charge is 0.444 e. The van der Waals surface area contributed by atoms with Gasteiger partial charge in [-0.2, -0.15) is 0 Å². The van der Waals surface area contributed by atoms with Crippen LogP contribution in [0.3, 0.4) is 0 Å². The second-order valence-corrected chi connectivity index (χ2v) is 7.54. The molecule has 1 aliphatic rings. The average Bonchev–Trinajstić information content (AvgIpc) is 2.84. The van der Waals surface area contributed by atoms with Crippen LogP contribution in [0.2, 0.25) is 0 Å². The highest BCUT2D eigenvalue weighted by molar-refractivity contribution is 5.87. The summed E-state index contributed by atoms with van der Waals surface area (Å²) in [4.78, 5) is 32.6. The Balaban J connectivity index is 2.04. The Morgan fingerprint density at radius 1 is 1.35 bits per heavy atom. The van der Waals surface area contributed by atoms with Crippen molar-refractivity contribution in [3.63, 3.8) is 0 Å². The van der Waals surface area contributed by atoms with Crippen LogP contribution in [0.25, 0.3) is 0 Å². The van der Waals surface area contributed by atoms with Crippen molar-refractivity contribution in [2.45, 2.75) is 58.2 Å². The van der Waals surface area contributed by atoms with Crippen molar-refractivity contribution in [1.29, 1.82) is 0 Å². The van der Waals surface area contributed by atoms with E-state index in [1.165, 1.54) is 6.08 Å². The third-order valence-corrected chi connectivity index (χ3v) is 4.31. The number of nitrogens with zero attached hydrogens (tertiary/aromatic N) is 3. The molecule has 0 spiro atoms. The first-order valence-electron chi connectivity index (χ1n) is 9.11. The van der Waals surface area contributed by atoms with Gasteiger partial charge in [0, 0.05) is 25.3 Å². The van der Waals surface area contributed by atoms with Crippen LogP contribution >= 0.6 is 0 Å². The van der Waals surface area contributed by atoms with E-state index in [0.717, 1.165) is 18.5 Å². The Kier molecular flexibility index (Phi) is 6.77. The van der Waals surface area contributed by atoms with Gasteiger partial charge in [0.15, 0.2) is 0 Å². The number of hydrogen-bond donors (Lipinski definition) is 0. The molecule has 0 aliphatic carbocycles. The quantitative estimate of drug-likeness (QED) is 0.773. The van der Waals surface area contributed by atoms with Crippen molar-refractivity contribution in [1.82, 2.24) is 14.8 Å². The van der Waals surface area contributed by atoms with Crippen molar-refractivity contribution < 1.29 is 14.3 Å². The predicted molar refractivity (Wildman–Crippen MR) is 100 cm³/mol. The first-order chi connectivity index (χ1) is 12.3. The van der Waals surface area contributed by atoms with E-state index in [0.29, 0.717) is 26.1 Å². The molecule has 1 aromatic heterocycles. The van der Waals surface area contributed by atoms with Crippen molar-refractivity contribution in [2.75, 3.05) is 13.1 Å². The maximum absolute atomic E-state index is 12.4. The number of hydrogen-bond acceptors (Lipinski definition) is 4. The van der Waals surface area contributed by atoms with Gasteiger partial charge in [-0.05, 0) is 58.2 Å². The van der Waals surface area contributed by atoms with E-state index in [9.17, 15) is 9.59 Å². The monoisotopic (exact) mass is 359 g/mol. The molecule has 0 N–H and O–H groups in total. The molecule has 1 atom stereocenters. The molecule has 0 bridgehead atoms. The van der Waals surface area contributed by atoms with Crippen LogP contribution in [-0.2, 0) is 16.1 Å². The number of pyridine rings is 1. The summed E-state index contributed by atoms with van der Waals surface area (Å²) in [6.45, 7) is 10.9. The van der Waals surface area contributed by atoms with Gasteiger partial charge in [0.05, 0.1) is 12.2 Å². The minimum atomic E-state index is -0.507. The minimum Gasteiger partial charge on any atom is -0.444 e. The van der Waals surface area contributed by atoms with E-state index in [1.807, 2.05) is 43.9 Å². The molecule has 142 valence electrons. The standard InChI is InChI=1S/C20H29N3O3/c1-5-18(24)23(15-16-9-6-7-12-21-16)17-10-8-13-22(14-11-17)19(25)26-20(2,3)4/h5-7,9,12,17H,1,8,10-11,13-15H2,2-4H3. The molecule has 2 amide bonds. The van der Waals surface area contributed by atoms with Crippen molar-refractivity contribution >= 4 is 12.0 Å². The van der Waals surface area contributed by atoms with Gasteiger partial charge in [-0.25, -0.2) is 4.79 Å². The Bertz CT molecular complexity index is 625. The van der Waals surface area contributed by atoms with Gasteiger partial charge >= 0.3 is 6.09 Å². The molecule has 1 aromatic rings. The maximum Gasteiger partial charge on any atom is 0.410 e. The summed E-state index contributed by atoms with van der Waals surface area (Å²) in [5.74, 6) is -0.105. The number of likely N-dealkylation sites (tertiary alicyclic amines) is 1. The normalized spacial score (nSPS) is 18.0. The Hall–Kier alpha value is -2.37. The van der Waals surface area contributed by atoms with E-state index in [4.69, 9.17) is 4.74 Å². The van der Waals surface area contributed by atoms with Crippen LogP contribution in [0.4, 0.5) is 4.79 Å². The van der Waals surface area contributed by atoms with Crippen LogP contribution < -0.4 is 0 Å². The predicted octanol–water partition coefficient (Wildman–Crippen LogP) is 3.39. The van der Waals surface area contributed by atoms with Gasteiger partial charge in [-0.3, -0.25) is 9.78 Å². The van der Waals surface area contributed by atoms with Crippen molar-refractivity contribution in [2.24, 2.45) is 0 Å². The third-order valence-electron chi connectivity index (χ3n) is 4.31. The summed E-state index contributed by atoms with van der Waals surface area (Å²) < 4.78 is 5.47. The fourth-order valence-electron chi connectivity index (χ4n) is 3.07. The zero-order chi connectivity index (χ0) is 19.2. The van der Waals surface area contributed by atoms with E-state index in [2.05, 4.69) is 11.6 Å². The number of carbonyl (C=O) groups is 2. The molecule has 1 fully saturated rings. The first-order valence-corrected chi connectivity index (χ1v) is 9.11. The number of amides is 2. The van der Waals surface area contributed by atoms with Gasteiger partial charge in [0.1, 0.15) is 5.60 Å². The molecule has 6 nitrogen and oxygen atoms in total. The summed E-state index contributed by atoms with van der Waals surface area (Å²) >= 11 is 0. The molecular weight excluding hydrogens is 330 g/mol. The van der Waals surface area contributed by atoms with E-state index in [-0.39, 0.29) is 18.0 Å². The van der Waals surface area contributed by atoms with Crippen molar-refractivity contribution in [3.05, 3.63) is 42.7 Å². The molecule has 6 heteroatoms. The molecule has 1 unspecified atom stereocenters. The first kappa shape index (κ1) is 19.9. The number of rotatable bonds is 4. The van der Waals surface area contributed by atoms with E-state index < -0.39 is 5.60 Å². The average molecular weight is 359 g/mol. The lowest BCUT2D eigenvalue weighted by Gasteiger charge is -2.30. The lowest BCUT2D eigenvalue weighted by atomic mass is 10.1. The Labute approximate surface area is 155 Å². The van der Waals surface area contributed by atoms with Crippen LogP contribution in [0.15, 0.2) is 37.1 Å². The second-order valence-electron chi connectivity index (χ2n) is 7.54. The lowest BCUT2D eigenvalue weighted by molar-refractivity contribution is -0.129. The molecular formula is C20H29N3O3. The zero-order valence-electron chi connectivity index (χ0n) is 16.0. The van der Waals surface area contributed by atoms with Crippen LogP contribution in [0.5, 0.6) is 0 Å². The van der Waals surface area contributed by atoms with Crippen LogP contribution in [0.1, 0.15) is 45.7 Å². The molecule has 0 radical (unpaired) electrons. The summed E-state index contributed by atoms with van der Waals surface area (Å²) in [5.41, 5.74) is 0.336. The molecule has 1 aliphatic heterocycles. The summed E-state index contributed by atoms with van der Waals surface area (Å²) in [6.07, 6.45) is 5.16. The lowest BCUT2D eigenvalue weighted by Crippen LogP contribution is -2.41. The fourth-order valence-corrected chi connectivity index (χ4v) is 3.07. The topological polar surface area (TPSA) is 62.7 Å². The molecule has 2 heterocycles. The number of carbonyl (C=O) groups excluding carboxylic acids is 2. The van der Waals surface area contributed by atoms with Crippen molar-refractivity contribution in [3.8, 4) is 0 Å². The maximum atomic E-state index is 12.4. The van der Waals surface area contributed by atoms with Gasteiger partial charge in [0.25, 0.3) is 0 Å². The van der Waals surface area contributed by atoms with Gasteiger partial charge in [0.2, 0.25) is 5.91 Å². The summed E-state index contributed by atoms with van der Waals surface area (Å²) in [6, 6.07) is 5.73. The molecule has 2 rings (SSSR count). The summed E-state index contributed by atoms with van der Waals surface area (Å²) in [7, 11) is 0. The highest BCUT2D eigenvalue weighted by Crippen LogP contribution is 2.21. The Morgan fingerprint density at radius 2 is 2.12 bits per heavy atom. The third kappa shape index (κ3) is 5.86. The molecule has 0 saturated carbocycles. The SMILES string of the molecule is C=CC(=O)N(Cc1ccccn1)C1CCCN(C(=O)OC(C)(C)C)CC1. The van der Waals surface area contributed by atoms with Gasteiger partial charge in [-0.1, -0.05) is 12.6 Å². The Morgan fingerprint density at radius 3 is 2.73 bits per heavy atom. The number of ether oxygens (including phenoxy) is 1. The molecule has 26 heavy (non-hydrogen) atoms. The molecule has 1 saturated heterocycles. The molecule has 0 aromatic carbocycles. The second kappa shape index (κ2) is 8.83. The fraction of sp³-hybridized carbons (Fsp3) is 0.550. The van der Waals surface area contributed by atoms with E-state index >= 15 is 0 Å². The summed E-state index contributed by atoms with van der Waals surface area (Å²) in [5, 5.41) is 0. The van der Waals surface area contributed by atoms with Crippen LogP contribution in [-0.4, -0.2) is 51.5 Å². The van der Waals surface area contributed by atoms with Crippen LogP contribution in [0, 0.1) is 0 Å². The zero-order valence-corrected chi connectivity index (χ0v) is 16.0. The van der Waals surface area contributed by atoms with Gasteiger partial charge < -0.3 is 14.5 Å². The highest BCUT2D eigenvalue weighted by atomic mass is 16.6. The highest BCUT2D eigenvalue weighted by Gasteiger charge is 2.29. The number of aromatic nitrogens is 1. The van der Waals surface area contributed by atoms with E-state index in [1.54, 1.807) is 11.1 Å².